The van der Waals surface area contributed by atoms with Gasteiger partial charge in [-0.3, -0.25) is 0 Å². The first-order valence-corrected chi connectivity index (χ1v) is 8.04. The van der Waals surface area contributed by atoms with E-state index in [1.165, 1.54) is 11.1 Å². The molecule has 0 saturated carbocycles. The van der Waals surface area contributed by atoms with E-state index < -0.39 is 0 Å². The fourth-order valence-corrected chi connectivity index (χ4v) is 2.82. The molecule has 110 valence electrons. The summed E-state index contributed by atoms with van der Waals surface area (Å²) >= 11 is 3.41. The second-order valence-corrected chi connectivity index (χ2v) is 6.11. The van der Waals surface area contributed by atoms with E-state index in [1.54, 1.807) is 0 Å². The van der Waals surface area contributed by atoms with Crippen molar-refractivity contribution in [3.63, 3.8) is 0 Å². The maximum atomic E-state index is 5.97. The lowest BCUT2D eigenvalue weighted by atomic mass is 9.89. The summed E-state index contributed by atoms with van der Waals surface area (Å²) in [5, 5.41) is 0. The topological polar surface area (TPSA) is 38.9 Å². The summed E-state index contributed by atoms with van der Waals surface area (Å²) in [6.45, 7) is 0. The molecule has 3 heteroatoms. The summed E-state index contributed by atoms with van der Waals surface area (Å²) < 4.78 is 0.836. The van der Waals surface area contributed by atoms with Crippen LogP contribution in [0.1, 0.15) is 22.7 Å². The number of pyridine rings is 1. The Balaban J connectivity index is 2.01. The minimum Gasteiger partial charge on any atom is -0.383 e. The maximum Gasteiger partial charge on any atom is 0.138 e. The Hall–Kier alpha value is -2.13. The number of halogens is 1. The Morgan fingerprint density at radius 1 is 0.864 bits per heavy atom. The molecule has 0 aliphatic rings. The molecule has 0 spiro atoms. The van der Waals surface area contributed by atoms with Crippen LogP contribution in [-0.4, -0.2) is 4.98 Å². The third kappa shape index (κ3) is 3.37. The molecule has 0 aliphatic carbocycles. The predicted octanol–water partition coefficient (Wildman–Crippen LogP) is 4.80. The molecule has 0 fully saturated rings. The molecule has 1 heterocycles. The van der Waals surface area contributed by atoms with Crippen LogP contribution >= 0.6 is 15.9 Å². The highest BCUT2D eigenvalue weighted by Gasteiger charge is 2.17. The standard InChI is InChI=1S/C19H17BrN2/c20-17-11-12-18(22-19(17)21)16(15-9-5-2-6-10-15)13-14-7-3-1-4-8-14/h1-12,16H,13H2,(H2,21,22). The average Bonchev–Trinajstić information content (AvgIpc) is 2.57. The van der Waals surface area contributed by atoms with Gasteiger partial charge in [0.2, 0.25) is 0 Å². The fraction of sp³-hybridized carbons (Fsp3) is 0.105. The molecule has 0 amide bonds. The zero-order valence-corrected chi connectivity index (χ0v) is 13.7. The SMILES string of the molecule is Nc1nc(C(Cc2ccccc2)c2ccccc2)ccc1Br. The van der Waals surface area contributed by atoms with Crippen molar-refractivity contribution in [3.05, 3.63) is 94.1 Å². The number of hydrogen-bond acceptors (Lipinski definition) is 2. The lowest BCUT2D eigenvalue weighted by Crippen LogP contribution is -2.08. The van der Waals surface area contributed by atoms with Gasteiger partial charge >= 0.3 is 0 Å². The lowest BCUT2D eigenvalue weighted by Gasteiger charge is -2.18. The Bertz CT molecular complexity index is 742. The highest BCUT2D eigenvalue weighted by atomic mass is 79.9. The van der Waals surface area contributed by atoms with Crippen molar-refractivity contribution in [1.82, 2.24) is 4.98 Å². The summed E-state index contributed by atoms with van der Waals surface area (Å²) in [7, 11) is 0. The smallest absolute Gasteiger partial charge is 0.138 e. The molecule has 3 rings (SSSR count). The van der Waals surface area contributed by atoms with Gasteiger partial charge in [-0.05, 0) is 45.6 Å². The van der Waals surface area contributed by atoms with Gasteiger partial charge in [-0.15, -0.1) is 0 Å². The zero-order chi connectivity index (χ0) is 15.4. The molecular weight excluding hydrogens is 336 g/mol. The fourth-order valence-electron chi connectivity index (χ4n) is 2.60. The van der Waals surface area contributed by atoms with E-state index in [0.29, 0.717) is 5.82 Å². The predicted molar refractivity (Wildman–Crippen MR) is 94.8 cm³/mol. The molecule has 1 unspecified atom stereocenters. The maximum absolute atomic E-state index is 5.97. The van der Waals surface area contributed by atoms with E-state index in [4.69, 9.17) is 5.73 Å². The van der Waals surface area contributed by atoms with Gasteiger partial charge in [0, 0.05) is 5.92 Å². The van der Waals surface area contributed by atoms with Crippen molar-refractivity contribution >= 4 is 21.7 Å². The molecule has 0 aliphatic heterocycles. The molecule has 2 nitrogen and oxygen atoms in total. The zero-order valence-electron chi connectivity index (χ0n) is 12.1. The minimum absolute atomic E-state index is 0.194. The van der Waals surface area contributed by atoms with Crippen LogP contribution in [0, 0.1) is 0 Å². The van der Waals surface area contributed by atoms with Crippen molar-refractivity contribution in [2.24, 2.45) is 0 Å². The normalized spacial score (nSPS) is 12.0. The minimum atomic E-state index is 0.194. The number of benzene rings is 2. The highest BCUT2D eigenvalue weighted by Crippen LogP contribution is 2.29. The van der Waals surface area contributed by atoms with Gasteiger partial charge in [-0.2, -0.15) is 0 Å². The van der Waals surface area contributed by atoms with Crippen LogP contribution in [0.5, 0.6) is 0 Å². The monoisotopic (exact) mass is 352 g/mol. The third-order valence-electron chi connectivity index (χ3n) is 3.74. The molecule has 1 aromatic heterocycles. The molecule has 1 atom stereocenters. The Morgan fingerprint density at radius 2 is 1.50 bits per heavy atom. The van der Waals surface area contributed by atoms with Gasteiger partial charge in [-0.25, -0.2) is 4.98 Å². The van der Waals surface area contributed by atoms with Gasteiger partial charge in [0.15, 0.2) is 0 Å². The first-order chi connectivity index (χ1) is 10.7. The first-order valence-electron chi connectivity index (χ1n) is 7.25. The number of nitrogens with zero attached hydrogens (tertiary/aromatic N) is 1. The number of hydrogen-bond donors (Lipinski definition) is 1. The van der Waals surface area contributed by atoms with E-state index in [1.807, 2.05) is 24.3 Å². The van der Waals surface area contributed by atoms with Crippen molar-refractivity contribution in [2.75, 3.05) is 5.73 Å². The largest absolute Gasteiger partial charge is 0.383 e. The van der Waals surface area contributed by atoms with E-state index >= 15 is 0 Å². The summed E-state index contributed by atoms with van der Waals surface area (Å²) in [4.78, 5) is 4.58. The molecule has 22 heavy (non-hydrogen) atoms. The summed E-state index contributed by atoms with van der Waals surface area (Å²) in [5.41, 5.74) is 9.51. The van der Waals surface area contributed by atoms with Crippen molar-refractivity contribution in [2.45, 2.75) is 12.3 Å². The van der Waals surface area contributed by atoms with Crippen molar-refractivity contribution < 1.29 is 0 Å². The Kier molecular flexibility index (Phi) is 4.54. The van der Waals surface area contributed by atoms with Crippen LogP contribution in [0.3, 0.4) is 0 Å². The Morgan fingerprint density at radius 3 is 2.14 bits per heavy atom. The van der Waals surface area contributed by atoms with Crippen molar-refractivity contribution in [3.8, 4) is 0 Å². The van der Waals surface area contributed by atoms with Gasteiger partial charge in [0.05, 0.1) is 10.2 Å². The summed E-state index contributed by atoms with van der Waals surface area (Å²) in [6, 6.07) is 25.0. The van der Waals surface area contributed by atoms with Crippen LogP contribution < -0.4 is 5.73 Å². The third-order valence-corrected chi connectivity index (χ3v) is 4.41. The van der Waals surface area contributed by atoms with Crippen molar-refractivity contribution in [1.29, 1.82) is 0 Å². The molecule has 2 N–H and O–H groups in total. The van der Waals surface area contributed by atoms with Crippen LogP contribution in [0.2, 0.25) is 0 Å². The first kappa shape index (κ1) is 14.8. The van der Waals surface area contributed by atoms with E-state index in [9.17, 15) is 0 Å². The molecule has 0 saturated heterocycles. The molecule has 0 bridgehead atoms. The second-order valence-electron chi connectivity index (χ2n) is 5.26. The number of rotatable bonds is 4. The molecule has 2 aromatic carbocycles. The van der Waals surface area contributed by atoms with Gasteiger partial charge in [0.1, 0.15) is 5.82 Å². The van der Waals surface area contributed by atoms with Gasteiger partial charge < -0.3 is 5.73 Å². The summed E-state index contributed by atoms with van der Waals surface area (Å²) in [6.07, 6.45) is 0.902. The molecule has 0 radical (unpaired) electrons. The summed E-state index contributed by atoms with van der Waals surface area (Å²) in [5.74, 6) is 0.727. The number of aromatic nitrogens is 1. The van der Waals surface area contributed by atoms with Gasteiger partial charge in [0.25, 0.3) is 0 Å². The van der Waals surface area contributed by atoms with Crippen LogP contribution in [0.15, 0.2) is 77.3 Å². The van der Waals surface area contributed by atoms with E-state index in [2.05, 4.69) is 69.4 Å². The van der Waals surface area contributed by atoms with Crippen LogP contribution in [0.4, 0.5) is 5.82 Å². The number of anilines is 1. The van der Waals surface area contributed by atoms with E-state index in [0.717, 1.165) is 16.6 Å². The number of nitrogen functional groups attached to an aromatic ring is 1. The second kappa shape index (κ2) is 6.75. The molecular formula is C19H17BrN2. The quantitative estimate of drug-likeness (QED) is 0.732. The highest BCUT2D eigenvalue weighted by molar-refractivity contribution is 9.10. The lowest BCUT2D eigenvalue weighted by molar-refractivity contribution is 0.775. The molecule has 3 aromatic rings. The average molecular weight is 353 g/mol. The van der Waals surface area contributed by atoms with Crippen LogP contribution in [-0.2, 0) is 6.42 Å². The van der Waals surface area contributed by atoms with E-state index in [-0.39, 0.29) is 5.92 Å². The number of nitrogens with two attached hydrogens (primary N) is 1. The Labute approximate surface area is 139 Å². The van der Waals surface area contributed by atoms with Gasteiger partial charge in [-0.1, -0.05) is 60.7 Å². The van der Waals surface area contributed by atoms with Crippen LogP contribution in [0.25, 0.3) is 0 Å².